The third-order valence-corrected chi connectivity index (χ3v) is 5.58. The summed E-state index contributed by atoms with van der Waals surface area (Å²) >= 11 is 0. The first-order chi connectivity index (χ1) is 16.6. The molecule has 0 radical (unpaired) electrons. The van der Waals surface area contributed by atoms with Crippen molar-refractivity contribution in [1.82, 2.24) is 15.2 Å². The van der Waals surface area contributed by atoms with Gasteiger partial charge in [0.05, 0.1) is 0 Å². The van der Waals surface area contributed by atoms with E-state index in [1.165, 1.54) is 0 Å². The number of nitrogens with one attached hydrogen (secondary N) is 1. The highest BCUT2D eigenvalue weighted by atomic mass is 16.4. The molecule has 5 aromatic rings. The third-order valence-electron chi connectivity index (χ3n) is 5.58. The molecular formula is C28H22N4O2. The Kier molecular flexibility index (Phi) is 5.70. The van der Waals surface area contributed by atoms with E-state index in [4.69, 9.17) is 4.42 Å². The molecule has 5 rings (SSSR count). The standard InChI is InChI=1S/C28H22N4O2/c1-18-8-9-23(28-32-31-19(2)34-28)16-26(18)20-10-12-21(13-11-20)27(33)30-25-7-3-5-22(15-25)24-6-4-14-29-17-24/h3-17H,1-2H3,(H,30,33). The van der Waals surface area contributed by atoms with Crippen molar-refractivity contribution in [2.75, 3.05) is 5.32 Å². The Bertz CT molecular complexity index is 1460. The van der Waals surface area contributed by atoms with Gasteiger partial charge in [0.25, 0.3) is 5.91 Å². The molecule has 6 heteroatoms. The van der Waals surface area contributed by atoms with Crippen LogP contribution in [0.25, 0.3) is 33.7 Å². The van der Waals surface area contributed by atoms with E-state index < -0.39 is 0 Å². The molecule has 0 unspecified atom stereocenters. The van der Waals surface area contributed by atoms with Crippen LogP contribution < -0.4 is 5.32 Å². The highest BCUT2D eigenvalue weighted by molar-refractivity contribution is 6.04. The second-order valence-corrected chi connectivity index (χ2v) is 8.01. The van der Waals surface area contributed by atoms with Crippen molar-refractivity contribution >= 4 is 11.6 Å². The van der Waals surface area contributed by atoms with Crippen LogP contribution in [0, 0.1) is 13.8 Å². The maximum Gasteiger partial charge on any atom is 0.255 e. The lowest BCUT2D eigenvalue weighted by molar-refractivity contribution is 0.102. The molecule has 1 amide bonds. The lowest BCUT2D eigenvalue weighted by Crippen LogP contribution is -2.11. The number of aryl methyl sites for hydroxylation is 2. The number of benzene rings is 3. The Balaban J connectivity index is 1.35. The largest absolute Gasteiger partial charge is 0.421 e. The Morgan fingerprint density at radius 3 is 2.32 bits per heavy atom. The summed E-state index contributed by atoms with van der Waals surface area (Å²) in [6, 6.07) is 25.2. The Hall–Kier alpha value is -4.58. The first-order valence-corrected chi connectivity index (χ1v) is 10.9. The molecule has 6 nitrogen and oxygen atoms in total. The number of rotatable bonds is 5. The highest BCUT2D eigenvalue weighted by Gasteiger charge is 2.12. The number of pyridine rings is 1. The maximum atomic E-state index is 12.9. The molecule has 2 heterocycles. The summed E-state index contributed by atoms with van der Waals surface area (Å²) in [6.07, 6.45) is 3.54. The normalized spacial score (nSPS) is 10.8. The van der Waals surface area contributed by atoms with Crippen LogP contribution in [-0.4, -0.2) is 21.1 Å². The second-order valence-electron chi connectivity index (χ2n) is 8.01. The fourth-order valence-corrected chi connectivity index (χ4v) is 3.79. The molecule has 1 N–H and O–H groups in total. The molecule has 0 saturated heterocycles. The van der Waals surface area contributed by atoms with Gasteiger partial charge in [0.1, 0.15) is 0 Å². The van der Waals surface area contributed by atoms with Crippen molar-refractivity contribution in [3.8, 4) is 33.7 Å². The molecule has 34 heavy (non-hydrogen) atoms. The minimum atomic E-state index is -0.165. The minimum Gasteiger partial charge on any atom is -0.421 e. The zero-order valence-corrected chi connectivity index (χ0v) is 18.8. The zero-order chi connectivity index (χ0) is 23.5. The lowest BCUT2D eigenvalue weighted by atomic mass is 9.97. The molecule has 0 aliphatic heterocycles. The summed E-state index contributed by atoms with van der Waals surface area (Å²) in [7, 11) is 0. The van der Waals surface area contributed by atoms with Crippen molar-refractivity contribution in [2.45, 2.75) is 13.8 Å². The van der Waals surface area contributed by atoms with E-state index in [0.717, 1.165) is 39.1 Å². The summed E-state index contributed by atoms with van der Waals surface area (Å²) in [6.45, 7) is 3.82. The van der Waals surface area contributed by atoms with Gasteiger partial charge in [0.2, 0.25) is 11.8 Å². The number of hydrogen-bond donors (Lipinski definition) is 1. The van der Waals surface area contributed by atoms with Crippen molar-refractivity contribution in [1.29, 1.82) is 0 Å². The van der Waals surface area contributed by atoms with Gasteiger partial charge in [-0.2, -0.15) is 0 Å². The number of carbonyl (C=O) groups is 1. The summed E-state index contributed by atoms with van der Waals surface area (Å²) < 4.78 is 5.57. The predicted molar refractivity (Wildman–Crippen MR) is 132 cm³/mol. The topological polar surface area (TPSA) is 80.9 Å². The average molecular weight is 447 g/mol. The Morgan fingerprint density at radius 2 is 1.59 bits per heavy atom. The molecule has 2 aromatic heterocycles. The van der Waals surface area contributed by atoms with E-state index in [9.17, 15) is 4.79 Å². The number of aromatic nitrogens is 3. The van der Waals surface area contributed by atoms with Crippen molar-refractivity contribution in [2.24, 2.45) is 0 Å². The van der Waals surface area contributed by atoms with Crippen LogP contribution in [0.4, 0.5) is 5.69 Å². The van der Waals surface area contributed by atoms with Crippen LogP contribution in [0.2, 0.25) is 0 Å². The molecule has 3 aromatic carbocycles. The van der Waals surface area contributed by atoms with E-state index in [-0.39, 0.29) is 5.91 Å². The molecule has 0 fully saturated rings. The SMILES string of the molecule is Cc1nnc(-c2ccc(C)c(-c3ccc(C(=O)Nc4cccc(-c5cccnc5)c4)cc3)c2)o1. The third kappa shape index (κ3) is 4.47. The van der Waals surface area contributed by atoms with Crippen LogP contribution in [0.5, 0.6) is 0 Å². The first kappa shape index (κ1) is 21.3. The minimum absolute atomic E-state index is 0.165. The summed E-state index contributed by atoms with van der Waals surface area (Å²) in [5.74, 6) is 0.850. The molecular weight excluding hydrogens is 424 g/mol. The Morgan fingerprint density at radius 1 is 0.794 bits per heavy atom. The van der Waals surface area contributed by atoms with E-state index in [2.05, 4.69) is 20.5 Å². The number of anilines is 1. The van der Waals surface area contributed by atoms with Gasteiger partial charge in [0, 0.05) is 41.7 Å². The maximum absolute atomic E-state index is 12.9. The number of nitrogens with zero attached hydrogens (tertiary/aromatic N) is 3. The van der Waals surface area contributed by atoms with Gasteiger partial charge < -0.3 is 9.73 Å². The summed E-state index contributed by atoms with van der Waals surface area (Å²) in [5.41, 5.74) is 7.33. The van der Waals surface area contributed by atoms with Gasteiger partial charge in [-0.05, 0) is 71.6 Å². The quantitative estimate of drug-likeness (QED) is 0.341. The molecule has 166 valence electrons. The fraction of sp³-hybridized carbons (Fsp3) is 0.0714. The number of hydrogen-bond acceptors (Lipinski definition) is 5. The number of carbonyl (C=O) groups excluding carboxylic acids is 1. The van der Waals surface area contributed by atoms with Gasteiger partial charge in [-0.25, -0.2) is 0 Å². The Labute approximate surface area is 197 Å². The van der Waals surface area contributed by atoms with Crippen LogP contribution in [0.3, 0.4) is 0 Å². The predicted octanol–water partition coefficient (Wildman–Crippen LogP) is 6.33. The summed E-state index contributed by atoms with van der Waals surface area (Å²) in [4.78, 5) is 17.0. The van der Waals surface area contributed by atoms with E-state index in [1.54, 1.807) is 19.3 Å². The monoisotopic (exact) mass is 446 g/mol. The summed E-state index contributed by atoms with van der Waals surface area (Å²) in [5, 5.41) is 11.0. The van der Waals surface area contributed by atoms with E-state index in [1.807, 2.05) is 85.8 Å². The highest BCUT2D eigenvalue weighted by Crippen LogP contribution is 2.29. The van der Waals surface area contributed by atoms with Crippen LogP contribution in [0.1, 0.15) is 21.8 Å². The van der Waals surface area contributed by atoms with Crippen molar-refractivity contribution in [3.63, 3.8) is 0 Å². The molecule has 0 atom stereocenters. The molecule has 0 aliphatic rings. The average Bonchev–Trinajstić information content (AvgIpc) is 3.31. The van der Waals surface area contributed by atoms with Gasteiger partial charge in [0.15, 0.2) is 0 Å². The van der Waals surface area contributed by atoms with Crippen LogP contribution in [-0.2, 0) is 0 Å². The smallest absolute Gasteiger partial charge is 0.255 e. The zero-order valence-electron chi connectivity index (χ0n) is 18.8. The van der Waals surface area contributed by atoms with Gasteiger partial charge >= 0.3 is 0 Å². The van der Waals surface area contributed by atoms with Gasteiger partial charge in [-0.1, -0.05) is 36.4 Å². The first-order valence-electron chi connectivity index (χ1n) is 10.9. The van der Waals surface area contributed by atoms with E-state index >= 15 is 0 Å². The van der Waals surface area contributed by atoms with Gasteiger partial charge in [-0.15, -0.1) is 10.2 Å². The van der Waals surface area contributed by atoms with Crippen LogP contribution >= 0.6 is 0 Å². The lowest BCUT2D eigenvalue weighted by Gasteiger charge is -2.10. The fourth-order valence-electron chi connectivity index (χ4n) is 3.79. The van der Waals surface area contributed by atoms with Gasteiger partial charge in [-0.3, -0.25) is 9.78 Å². The molecule has 0 spiro atoms. The van der Waals surface area contributed by atoms with E-state index in [0.29, 0.717) is 17.3 Å². The molecule has 0 saturated carbocycles. The molecule has 0 bridgehead atoms. The second kappa shape index (κ2) is 9.11. The van der Waals surface area contributed by atoms with Crippen molar-refractivity contribution < 1.29 is 9.21 Å². The van der Waals surface area contributed by atoms with Crippen LogP contribution in [0.15, 0.2) is 95.7 Å². The van der Waals surface area contributed by atoms with Crippen molar-refractivity contribution in [3.05, 3.63) is 108 Å². The molecule has 0 aliphatic carbocycles. The number of amides is 1.